The van der Waals surface area contributed by atoms with E-state index >= 15 is 0 Å². The fraction of sp³-hybridized carbons (Fsp3) is 0.385. The summed E-state index contributed by atoms with van der Waals surface area (Å²) < 4.78 is 33.5. The molecule has 2 aromatic carbocycles. The summed E-state index contributed by atoms with van der Waals surface area (Å²) in [5, 5.41) is 13.6. The molecule has 1 saturated carbocycles. The normalized spacial score (nSPS) is 19.7. The molecule has 3 aromatic rings. The Morgan fingerprint density at radius 1 is 1.06 bits per heavy atom. The topological polar surface area (TPSA) is 122 Å². The van der Waals surface area contributed by atoms with Gasteiger partial charge in [0.05, 0.1) is 16.5 Å². The van der Waals surface area contributed by atoms with E-state index in [2.05, 4.69) is 15.0 Å². The van der Waals surface area contributed by atoms with Crippen LogP contribution in [0.2, 0.25) is 0 Å². The molecule has 1 amide bonds. The summed E-state index contributed by atoms with van der Waals surface area (Å²) in [6.07, 6.45) is 5.08. The molecule has 4 rings (SSSR count). The quantitative estimate of drug-likeness (QED) is 0.435. The first-order valence-corrected chi connectivity index (χ1v) is 13.2. The molecule has 0 aliphatic heterocycles. The van der Waals surface area contributed by atoms with Gasteiger partial charge in [-0.2, -0.15) is 0 Å². The molecule has 0 spiro atoms. The lowest BCUT2D eigenvalue weighted by molar-refractivity contribution is -0.128. The van der Waals surface area contributed by atoms with Crippen molar-refractivity contribution in [2.75, 3.05) is 0 Å². The molecular formula is C26H31N3O5S. The number of oxazole rings is 1. The Bertz CT molecular complexity index is 1210. The van der Waals surface area contributed by atoms with E-state index in [1.165, 1.54) is 12.7 Å². The van der Waals surface area contributed by atoms with E-state index in [4.69, 9.17) is 4.42 Å². The molecule has 186 valence electrons. The molecular weight excluding hydrogens is 466 g/mol. The van der Waals surface area contributed by atoms with E-state index < -0.39 is 21.7 Å². The van der Waals surface area contributed by atoms with Crippen molar-refractivity contribution in [1.82, 2.24) is 15.0 Å². The van der Waals surface area contributed by atoms with E-state index in [1.807, 2.05) is 30.3 Å². The summed E-state index contributed by atoms with van der Waals surface area (Å²) in [6.45, 7) is 3.35. The third kappa shape index (κ3) is 6.17. The predicted octanol–water partition coefficient (Wildman–Crippen LogP) is 3.81. The van der Waals surface area contributed by atoms with Gasteiger partial charge in [-0.3, -0.25) is 4.79 Å². The number of hydrogen-bond acceptors (Lipinski definition) is 6. The Morgan fingerprint density at radius 3 is 2.29 bits per heavy atom. The minimum absolute atomic E-state index is 0.120. The number of amides is 1. The Kier molecular flexibility index (Phi) is 7.39. The number of benzene rings is 2. The largest absolute Gasteiger partial charge is 0.451 e. The van der Waals surface area contributed by atoms with Crippen LogP contribution >= 0.6 is 0 Å². The smallest absolute Gasteiger partial charge is 0.240 e. The van der Waals surface area contributed by atoms with E-state index in [-0.39, 0.29) is 22.8 Å². The molecule has 0 radical (unpaired) electrons. The summed E-state index contributed by atoms with van der Waals surface area (Å²) in [5.74, 6) is -0.350. The van der Waals surface area contributed by atoms with E-state index in [1.54, 1.807) is 38.1 Å². The maximum Gasteiger partial charge on any atom is 0.240 e. The predicted molar refractivity (Wildman–Crippen MR) is 132 cm³/mol. The maximum atomic E-state index is 13.0. The molecule has 1 aromatic heterocycles. The number of aromatic nitrogens is 1. The Labute approximate surface area is 205 Å². The lowest BCUT2D eigenvalue weighted by atomic mass is 9.84. The van der Waals surface area contributed by atoms with Gasteiger partial charge in [-0.15, -0.1) is 0 Å². The Hall–Kier alpha value is -3.01. The van der Waals surface area contributed by atoms with Crippen molar-refractivity contribution >= 4 is 15.9 Å². The molecule has 8 nitrogen and oxygen atoms in total. The first kappa shape index (κ1) is 25.1. The molecule has 1 fully saturated rings. The average Bonchev–Trinajstić information content (AvgIpc) is 3.38. The molecule has 1 aliphatic carbocycles. The molecule has 3 N–H and O–H groups in total. The summed E-state index contributed by atoms with van der Waals surface area (Å²) in [4.78, 5) is 17.2. The van der Waals surface area contributed by atoms with E-state index in [0.717, 1.165) is 11.1 Å². The first-order valence-electron chi connectivity index (χ1n) is 11.7. The van der Waals surface area contributed by atoms with Crippen LogP contribution in [0.5, 0.6) is 0 Å². The van der Waals surface area contributed by atoms with Crippen LogP contribution in [-0.4, -0.2) is 36.1 Å². The van der Waals surface area contributed by atoms with Gasteiger partial charge in [0.25, 0.3) is 0 Å². The molecule has 1 atom stereocenters. The SMILES string of the molecule is CC(C)(O)[C@@H](NC(=O)C1CCC(NS(=O)(=O)c2ccc(-c3cocn3)cc2)CC1)c1ccccc1. The highest BCUT2D eigenvalue weighted by Crippen LogP contribution is 2.30. The highest BCUT2D eigenvalue weighted by molar-refractivity contribution is 7.89. The highest BCUT2D eigenvalue weighted by atomic mass is 32.2. The molecule has 0 unspecified atom stereocenters. The third-order valence-electron chi connectivity index (χ3n) is 6.44. The molecule has 0 saturated heterocycles. The molecule has 1 heterocycles. The number of sulfonamides is 1. The third-order valence-corrected chi connectivity index (χ3v) is 7.97. The number of nitrogens with one attached hydrogen (secondary N) is 2. The molecule has 35 heavy (non-hydrogen) atoms. The van der Waals surface area contributed by atoms with Crippen LogP contribution in [-0.2, 0) is 14.8 Å². The van der Waals surface area contributed by atoms with Gasteiger partial charge < -0.3 is 14.8 Å². The van der Waals surface area contributed by atoms with Gasteiger partial charge in [0.15, 0.2) is 6.39 Å². The van der Waals surface area contributed by atoms with Crippen LogP contribution in [0.15, 0.2) is 76.6 Å². The second-order valence-electron chi connectivity index (χ2n) is 9.57. The molecule has 0 bridgehead atoms. The van der Waals surface area contributed by atoms with Crippen molar-refractivity contribution < 1.29 is 22.7 Å². The molecule has 9 heteroatoms. The number of hydrogen-bond donors (Lipinski definition) is 3. The summed E-state index contributed by atoms with van der Waals surface area (Å²) >= 11 is 0. The van der Waals surface area contributed by atoms with E-state index in [9.17, 15) is 18.3 Å². The van der Waals surface area contributed by atoms with Crippen LogP contribution in [0, 0.1) is 5.92 Å². The van der Waals surface area contributed by atoms with Crippen LogP contribution in [0.4, 0.5) is 0 Å². The van der Waals surface area contributed by atoms with Crippen molar-refractivity contribution in [3.63, 3.8) is 0 Å². The van der Waals surface area contributed by atoms with Crippen molar-refractivity contribution in [3.8, 4) is 11.3 Å². The van der Waals surface area contributed by atoms with Crippen molar-refractivity contribution in [2.24, 2.45) is 5.92 Å². The van der Waals surface area contributed by atoms with Gasteiger partial charge in [0.2, 0.25) is 15.9 Å². The zero-order chi connectivity index (χ0) is 25.1. The number of rotatable bonds is 8. The maximum absolute atomic E-state index is 13.0. The fourth-order valence-electron chi connectivity index (χ4n) is 4.49. The second-order valence-corrected chi connectivity index (χ2v) is 11.3. The van der Waals surface area contributed by atoms with Crippen LogP contribution < -0.4 is 10.0 Å². The van der Waals surface area contributed by atoms with Crippen molar-refractivity contribution in [3.05, 3.63) is 72.8 Å². The fourth-order valence-corrected chi connectivity index (χ4v) is 5.80. The van der Waals surface area contributed by atoms with Crippen LogP contribution in [0.25, 0.3) is 11.3 Å². The highest BCUT2D eigenvalue weighted by Gasteiger charge is 2.34. The summed E-state index contributed by atoms with van der Waals surface area (Å²) in [7, 11) is -3.69. The Morgan fingerprint density at radius 2 is 1.71 bits per heavy atom. The van der Waals surface area contributed by atoms with Gasteiger partial charge in [-0.25, -0.2) is 18.1 Å². The zero-order valence-corrected chi connectivity index (χ0v) is 20.7. The van der Waals surface area contributed by atoms with E-state index in [0.29, 0.717) is 31.4 Å². The standard InChI is InChI=1S/C26H31N3O5S/c1-26(2,31)24(19-6-4-3-5-7-19)28-25(30)20-8-12-21(13-9-20)29-35(32,33)22-14-10-18(11-15-22)23-16-34-17-27-23/h3-7,10-11,14-17,20-21,24,29,31H,8-9,12-13H2,1-2H3,(H,28,30)/t20?,21?,24-/m0/s1. The lowest BCUT2D eigenvalue weighted by Gasteiger charge is -2.34. The van der Waals surface area contributed by atoms with Gasteiger partial charge in [0, 0.05) is 17.5 Å². The van der Waals surface area contributed by atoms with Gasteiger partial charge in [-0.1, -0.05) is 42.5 Å². The zero-order valence-electron chi connectivity index (χ0n) is 19.8. The van der Waals surface area contributed by atoms with Gasteiger partial charge in [-0.05, 0) is 57.2 Å². The summed E-state index contributed by atoms with van der Waals surface area (Å²) in [6, 6.07) is 15.1. The molecule has 1 aliphatic rings. The van der Waals surface area contributed by atoms with Crippen LogP contribution in [0.3, 0.4) is 0 Å². The minimum atomic E-state index is -3.69. The van der Waals surface area contributed by atoms with Crippen molar-refractivity contribution in [1.29, 1.82) is 0 Å². The average molecular weight is 498 g/mol. The second kappa shape index (κ2) is 10.3. The van der Waals surface area contributed by atoms with Gasteiger partial charge in [0.1, 0.15) is 12.0 Å². The number of carbonyl (C=O) groups is 1. The minimum Gasteiger partial charge on any atom is -0.451 e. The monoisotopic (exact) mass is 497 g/mol. The number of aliphatic hydroxyl groups is 1. The Balaban J connectivity index is 1.33. The lowest BCUT2D eigenvalue weighted by Crippen LogP contribution is -2.46. The summed E-state index contributed by atoms with van der Waals surface area (Å²) in [5.41, 5.74) is 1.11. The number of carbonyl (C=O) groups excluding carboxylic acids is 1. The van der Waals surface area contributed by atoms with Crippen molar-refractivity contribution in [2.45, 2.75) is 62.1 Å². The van der Waals surface area contributed by atoms with Crippen LogP contribution in [0.1, 0.15) is 51.1 Å². The van der Waals surface area contributed by atoms with Gasteiger partial charge >= 0.3 is 0 Å². The number of nitrogens with zero attached hydrogens (tertiary/aromatic N) is 1. The first-order chi connectivity index (χ1) is 16.6.